The fourth-order valence-corrected chi connectivity index (χ4v) is 1.87. The largest absolute Gasteiger partial charge is 0.304 e. The smallest absolute Gasteiger partial charge is 0.265 e. The second-order valence-corrected chi connectivity index (χ2v) is 4.90. The van der Waals surface area contributed by atoms with E-state index >= 15 is 0 Å². The van der Waals surface area contributed by atoms with Crippen molar-refractivity contribution in [2.75, 3.05) is 5.75 Å². The Morgan fingerprint density at radius 3 is 2.53 bits per heavy atom. The molecule has 0 aromatic carbocycles. The van der Waals surface area contributed by atoms with E-state index in [1.807, 2.05) is 0 Å². The van der Waals surface area contributed by atoms with Gasteiger partial charge < -0.3 is 0 Å². The first-order valence-corrected chi connectivity index (χ1v) is 6.46. The first-order valence-electron chi connectivity index (χ1n) is 4.91. The zero-order valence-corrected chi connectivity index (χ0v) is 9.64. The number of nitrogens with zero attached hydrogens (tertiary/aromatic N) is 3. The van der Waals surface area contributed by atoms with Crippen LogP contribution in [0.3, 0.4) is 0 Å². The van der Waals surface area contributed by atoms with Gasteiger partial charge in [-0.1, -0.05) is 0 Å². The molecule has 0 spiro atoms. The van der Waals surface area contributed by atoms with Crippen LogP contribution < -0.4 is 0 Å². The van der Waals surface area contributed by atoms with Gasteiger partial charge in [0.25, 0.3) is 0 Å². The lowest BCUT2D eigenvalue weighted by Crippen LogP contribution is -2.10. The van der Waals surface area contributed by atoms with Gasteiger partial charge in [-0.05, 0) is 18.2 Å². The molecule has 0 radical (unpaired) electrons. The molecule has 0 saturated heterocycles. The molecule has 0 amide bonds. The normalized spacial score (nSPS) is 11.6. The molecule has 90 valence electrons. The quantitative estimate of drug-likeness (QED) is 0.771. The first kappa shape index (κ1) is 11.7. The van der Waals surface area contributed by atoms with E-state index in [1.54, 1.807) is 36.8 Å². The maximum atomic E-state index is 12.4. The molecule has 5 nitrogen and oxygen atoms in total. The summed E-state index contributed by atoms with van der Waals surface area (Å²) in [6.07, 6.45) is 4.79. The van der Waals surface area contributed by atoms with Crippen molar-refractivity contribution in [2.24, 2.45) is 0 Å². The topological polar surface area (TPSA) is 64.8 Å². The third kappa shape index (κ3) is 3.10. The summed E-state index contributed by atoms with van der Waals surface area (Å²) in [4.78, 5) is 3.88. The lowest BCUT2D eigenvalue weighted by atomic mass is 10.2. The van der Waals surface area contributed by atoms with Crippen LogP contribution in [0.25, 0.3) is 11.3 Å². The molecule has 0 N–H and O–H groups in total. The molecule has 17 heavy (non-hydrogen) atoms. The van der Waals surface area contributed by atoms with Crippen LogP contribution >= 0.6 is 0 Å². The summed E-state index contributed by atoms with van der Waals surface area (Å²) in [7, 11) is -4.47. The van der Waals surface area contributed by atoms with Crippen LogP contribution in [-0.2, 0) is 16.8 Å². The Labute approximate surface area is 98.1 Å². The first-order chi connectivity index (χ1) is 8.06. The molecule has 0 unspecified atom stereocenters. The number of halogens is 1. The summed E-state index contributed by atoms with van der Waals surface area (Å²) in [6, 6.07) is 5.29. The Morgan fingerprint density at radius 2 is 1.88 bits per heavy atom. The van der Waals surface area contributed by atoms with Crippen molar-refractivity contribution in [3.63, 3.8) is 0 Å². The average Bonchev–Trinajstić information content (AvgIpc) is 2.75. The number of aryl methyl sites for hydroxylation is 1. The standard InChI is InChI=1S/C10H10FN3O2S/c11-17(15,16)8-7-14-10(3-6-13-14)9-1-4-12-5-2-9/h1-6H,7-8H2. The molecule has 2 rings (SSSR count). The Morgan fingerprint density at radius 1 is 1.18 bits per heavy atom. The highest BCUT2D eigenvalue weighted by molar-refractivity contribution is 7.86. The van der Waals surface area contributed by atoms with Gasteiger partial charge in [-0.25, -0.2) is 0 Å². The number of hydrogen-bond acceptors (Lipinski definition) is 4. The van der Waals surface area contributed by atoms with Gasteiger partial charge in [0.2, 0.25) is 0 Å². The van der Waals surface area contributed by atoms with E-state index < -0.39 is 16.0 Å². The molecule has 0 aliphatic carbocycles. The summed E-state index contributed by atoms with van der Waals surface area (Å²) >= 11 is 0. The highest BCUT2D eigenvalue weighted by Crippen LogP contribution is 2.17. The second kappa shape index (κ2) is 4.62. The van der Waals surface area contributed by atoms with E-state index in [9.17, 15) is 12.3 Å². The van der Waals surface area contributed by atoms with Gasteiger partial charge in [-0.2, -0.15) is 13.5 Å². The van der Waals surface area contributed by atoms with Crippen LogP contribution in [0.1, 0.15) is 0 Å². The maximum Gasteiger partial charge on any atom is 0.304 e. The number of hydrogen-bond donors (Lipinski definition) is 0. The predicted octanol–water partition coefficient (Wildman–Crippen LogP) is 1.24. The van der Waals surface area contributed by atoms with Gasteiger partial charge in [0.05, 0.1) is 18.0 Å². The van der Waals surface area contributed by atoms with E-state index in [1.165, 1.54) is 4.68 Å². The van der Waals surface area contributed by atoms with Crippen LogP contribution in [0.5, 0.6) is 0 Å². The van der Waals surface area contributed by atoms with Gasteiger partial charge in [0.1, 0.15) is 0 Å². The molecule has 0 aliphatic rings. The molecule has 0 atom stereocenters. The molecular weight excluding hydrogens is 245 g/mol. The van der Waals surface area contributed by atoms with E-state index in [0.29, 0.717) is 0 Å². The average molecular weight is 255 g/mol. The Bertz CT molecular complexity index is 595. The maximum absolute atomic E-state index is 12.4. The van der Waals surface area contributed by atoms with E-state index in [4.69, 9.17) is 0 Å². The molecule has 0 bridgehead atoms. The minimum atomic E-state index is -4.47. The minimum Gasteiger partial charge on any atom is -0.265 e. The summed E-state index contributed by atoms with van der Waals surface area (Å²) in [5, 5.41) is 3.96. The highest BCUT2D eigenvalue weighted by Gasteiger charge is 2.10. The molecule has 0 saturated carbocycles. The summed E-state index contributed by atoms with van der Waals surface area (Å²) in [5.74, 6) is -0.577. The van der Waals surface area contributed by atoms with E-state index in [2.05, 4.69) is 10.1 Å². The van der Waals surface area contributed by atoms with Crippen molar-refractivity contribution in [1.29, 1.82) is 0 Å². The Hall–Kier alpha value is -1.76. The van der Waals surface area contributed by atoms with Crippen LogP contribution in [-0.4, -0.2) is 28.9 Å². The zero-order chi connectivity index (χ0) is 12.3. The molecule has 0 aliphatic heterocycles. The summed E-state index contributed by atoms with van der Waals surface area (Å²) in [5.41, 5.74) is 1.59. The SMILES string of the molecule is O=S(=O)(F)CCn1nccc1-c1ccncc1. The third-order valence-corrected chi connectivity index (χ3v) is 2.91. The van der Waals surface area contributed by atoms with Crippen LogP contribution in [0.4, 0.5) is 3.89 Å². The van der Waals surface area contributed by atoms with E-state index in [0.717, 1.165) is 11.3 Å². The summed E-state index contributed by atoms with van der Waals surface area (Å²) in [6.45, 7) is -0.0104. The van der Waals surface area contributed by atoms with Crippen molar-refractivity contribution in [2.45, 2.75) is 6.54 Å². The van der Waals surface area contributed by atoms with Crippen molar-refractivity contribution < 1.29 is 12.3 Å². The van der Waals surface area contributed by atoms with Crippen LogP contribution in [0.15, 0.2) is 36.8 Å². The molecule has 2 heterocycles. The van der Waals surface area contributed by atoms with Crippen molar-refractivity contribution in [3.05, 3.63) is 36.8 Å². The van der Waals surface area contributed by atoms with Crippen molar-refractivity contribution in [1.82, 2.24) is 14.8 Å². The van der Waals surface area contributed by atoms with Crippen molar-refractivity contribution in [3.8, 4) is 11.3 Å². The number of rotatable bonds is 4. The van der Waals surface area contributed by atoms with Crippen LogP contribution in [0, 0.1) is 0 Å². The van der Waals surface area contributed by atoms with Gasteiger partial charge in [-0.15, -0.1) is 3.89 Å². The van der Waals surface area contributed by atoms with Gasteiger partial charge in [0.15, 0.2) is 0 Å². The Kier molecular flexibility index (Phi) is 3.19. The molecular formula is C10H10FN3O2S. The molecule has 2 aromatic rings. The Balaban J connectivity index is 2.24. The number of pyridine rings is 1. The third-order valence-electron chi connectivity index (χ3n) is 2.24. The fraction of sp³-hybridized carbons (Fsp3) is 0.200. The second-order valence-electron chi connectivity index (χ2n) is 3.42. The minimum absolute atomic E-state index is 0.0104. The molecule has 7 heteroatoms. The lowest BCUT2D eigenvalue weighted by Gasteiger charge is -2.05. The van der Waals surface area contributed by atoms with Gasteiger partial charge >= 0.3 is 10.2 Å². The van der Waals surface area contributed by atoms with Gasteiger partial charge in [0, 0.05) is 24.2 Å². The fourth-order valence-electron chi connectivity index (χ4n) is 1.47. The number of aromatic nitrogens is 3. The summed E-state index contributed by atoms with van der Waals surface area (Å²) < 4.78 is 34.8. The molecule has 0 fully saturated rings. The van der Waals surface area contributed by atoms with Crippen LogP contribution in [0.2, 0.25) is 0 Å². The van der Waals surface area contributed by atoms with Gasteiger partial charge in [-0.3, -0.25) is 9.67 Å². The lowest BCUT2D eigenvalue weighted by molar-refractivity contribution is 0.540. The predicted molar refractivity (Wildman–Crippen MR) is 60.4 cm³/mol. The monoisotopic (exact) mass is 255 g/mol. The van der Waals surface area contributed by atoms with Crippen molar-refractivity contribution >= 4 is 10.2 Å². The highest BCUT2D eigenvalue weighted by atomic mass is 32.3. The van der Waals surface area contributed by atoms with E-state index in [-0.39, 0.29) is 6.54 Å². The molecule has 2 aromatic heterocycles. The zero-order valence-electron chi connectivity index (χ0n) is 8.82.